The average molecular weight is 237 g/mol. The van der Waals surface area contributed by atoms with E-state index in [1.807, 2.05) is 0 Å². The van der Waals surface area contributed by atoms with E-state index in [0.29, 0.717) is 11.4 Å². The van der Waals surface area contributed by atoms with E-state index < -0.39 is 10.0 Å². The molecule has 6 heteroatoms. The zero-order chi connectivity index (χ0) is 11.6. The number of nitrogens with one attached hydrogen (secondary N) is 2. The minimum Gasteiger partial charge on any atom is -0.264 e. The third-order valence-electron chi connectivity index (χ3n) is 2.13. The molecular formula is C10H11N3O2S. The molecule has 0 saturated carbocycles. The van der Waals surface area contributed by atoms with Crippen molar-refractivity contribution in [2.45, 2.75) is 11.8 Å². The first-order valence-corrected chi connectivity index (χ1v) is 6.16. The monoisotopic (exact) mass is 237 g/mol. The third-order valence-corrected chi connectivity index (χ3v) is 3.65. The molecule has 2 rings (SSSR count). The molecule has 0 saturated heterocycles. The number of hydrogen-bond acceptors (Lipinski definition) is 3. The van der Waals surface area contributed by atoms with E-state index in [2.05, 4.69) is 14.9 Å². The molecule has 2 aromatic rings. The molecule has 0 radical (unpaired) electrons. The standard InChI is InChI=1S/C10H11N3O2S/c1-8-4-2-3-5-9(8)16(14,15)13-10-6-7-11-12-10/h2-7H,1H3,(H2,11,12,13). The van der Waals surface area contributed by atoms with Crippen LogP contribution in [0.1, 0.15) is 5.56 Å². The Bertz CT molecular complexity index is 576. The summed E-state index contributed by atoms with van der Waals surface area (Å²) in [5.74, 6) is 0.350. The van der Waals surface area contributed by atoms with Gasteiger partial charge in [-0.1, -0.05) is 18.2 Å². The summed E-state index contributed by atoms with van der Waals surface area (Å²) in [7, 11) is -3.54. The first kappa shape index (κ1) is 10.7. The van der Waals surface area contributed by atoms with Crippen LogP contribution in [0.3, 0.4) is 0 Å². The Kier molecular flexibility index (Phi) is 2.66. The summed E-state index contributed by atoms with van der Waals surface area (Å²) >= 11 is 0. The number of nitrogens with zero attached hydrogens (tertiary/aromatic N) is 1. The van der Waals surface area contributed by atoms with E-state index in [1.54, 1.807) is 37.3 Å². The van der Waals surface area contributed by atoms with E-state index in [4.69, 9.17) is 0 Å². The van der Waals surface area contributed by atoms with Crippen LogP contribution in [-0.2, 0) is 10.0 Å². The Balaban J connectivity index is 2.37. The normalized spacial score (nSPS) is 11.3. The highest BCUT2D eigenvalue weighted by atomic mass is 32.2. The smallest absolute Gasteiger partial charge is 0.263 e. The van der Waals surface area contributed by atoms with Crippen LogP contribution < -0.4 is 4.72 Å². The van der Waals surface area contributed by atoms with Crippen LogP contribution in [0.15, 0.2) is 41.4 Å². The van der Waals surface area contributed by atoms with Crippen molar-refractivity contribution in [2.75, 3.05) is 4.72 Å². The second-order valence-electron chi connectivity index (χ2n) is 3.34. The van der Waals surface area contributed by atoms with Crippen molar-refractivity contribution in [1.82, 2.24) is 10.2 Å². The summed E-state index contributed by atoms with van der Waals surface area (Å²) in [6.07, 6.45) is 1.48. The van der Waals surface area contributed by atoms with Crippen LogP contribution in [0.4, 0.5) is 5.82 Å². The van der Waals surface area contributed by atoms with E-state index >= 15 is 0 Å². The molecule has 5 nitrogen and oxygen atoms in total. The highest BCUT2D eigenvalue weighted by Gasteiger charge is 2.16. The number of aryl methyl sites for hydroxylation is 1. The minimum atomic E-state index is -3.54. The van der Waals surface area contributed by atoms with Gasteiger partial charge in [0, 0.05) is 6.07 Å². The summed E-state index contributed by atoms with van der Waals surface area (Å²) < 4.78 is 26.3. The third kappa shape index (κ3) is 2.06. The van der Waals surface area contributed by atoms with E-state index in [9.17, 15) is 8.42 Å². The Hall–Kier alpha value is -1.82. The lowest BCUT2D eigenvalue weighted by atomic mass is 10.2. The SMILES string of the molecule is Cc1ccccc1S(=O)(=O)Nc1ccn[nH]1. The van der Waals surface area contributed by atoms with Gasteiger partial charge in [0.25, 0.3) is 10.0 Å². The number of sulfonamides is 1. The molecule has 2 N–H and O–H groups in total. The Labute approximate surface area is 93.6 Å². The first-order valence-electron chi connectivity index (χ1n) is 4.67. The van der Waals surface area contributed by atoms with Gasteiger partial charge in [-0.2, -0.15) is 5.10 Å². The second-order valence-corrected chi connectivity index (χ2v) is 4.99. The van der Waals surface area contributed by atoms with Gasteiger partial charge >= 0.3 is 0 Å². The maximum absolute atomic E-state index is 12.0. The van der Waals surface area contributed by atoms with Crippen LogP contribution in [0, 0.1) is 6.92 Å². The molecule has 0 atom stereocenters. The van der Waals surface area contributed by atoms with Gasteiger partial charge in [-0.15, -0.1) is 0 Å². The fourth-order valence-electron chi connectivity index (χ4n) is 1.37. The molecule has 0 fully saturated rings. The summed E-state index contributed by atoms with van der Waals surface area (Å²) in [6, 6.07) is 8.35. The van der Waals surface area contributed by atoms with Crippen LogP contribution in [0.2, 0.25) is 0 Å². The molecule has 1 heterocycles. The Morgan fingerprint density at radius 2 is 2.00 bits per heavy atom. The molecule has 0 unspecified atom stereocenters. The predicted octanol–water partition coefficient (Wildman–Crippen LogP) is 1.52. The number of H-pyrrole nitrogens is 1. The zero-order valence-corrected chi connectivity index (χ0v) is 9.45. The lowest BCUT2D eigenvalue weighted by Crippen LogP contribution is -2.14. The maximum Gasteiger partial charge on any atom is 0.263 e. The lowest BCUT2D eigenvalue weighted by molar-refractivity contribution is 0.600. The van der Waals surface area contributed by atoms with Gasteiger partial charge in [0.2, 0.25) is 0 Å². The lowest BCUT2D eigenvalue weighted by Gasteiger charge is -2.07. The van der Waals surface area contributed by atoms with E-state index in [-0.39, 0.29) is 4.90 Å². The van der Waals surface area contributed by atoms with Crippen LogP contribution in [0.25, 0.3) is 0 Å². The van der Waals surface area contributed by atoms with Gasteiger partial charge < -0.3 is 0 Å². The molecule has 0 amide bonds. The first-order chi connectivity index (χ1) is 7.59. The van der Waals surface area contributed by atoms with Gasteiger partial charge in [-0.3, -0.25) is 9.82 Å². The Morgan fingerprint density at radius 3 is 2.62 bits per heavy atom. The molecule has 84 valence electrons. The molecule has 0 spiro atoms. The quantitative estimate of drug-likeness (QED) is 0.849. The summed E-state index contributed by atoms with van der Waals surface area (Å²) in [5.41, 5.74) is 0.703. The number of benzene rings is 1. The molecule has 0 aliphatic rings. The number of aromatic amines is 1. The molecule has 0 aliphatic carbocycles. The number of anilines is 1. The average Bonchev–Trinajstić information content (AvgIpc) is 2.70. The topological polar surface area (TPSA) is 74.8 Å². The van der Waals surface area contributed by atoms with Crippen LogP contribution >= 0.6 is 0 Å². The molecule has 0 bridgehead atoms. The summed E-state index contributed by atoms with van der Waals surface area (Å²) in [6.45, 7) is 1.75. The fraction of sp³-hybridized carbons (Fsp3) is 0.100. The minimum absolute atomic E-state index is 0.268. The van der Waals surface area contributed by atoms with Crippen molar-refractivity contribution in [3.63, 3.8) is 0 Å². The predicted molar refractivity (Wildman–Crippen MR) is 60.6 cm³/mol. The van der Waals surface area contributed by atoms with Gasteiger partial charge in [0.05, 0.1) is 11.1 Å². The molecule has 1 aromatic heterocycles. The highest BCUT2D eigenvalue weighted by Crippen LogP contribution is 2.17. The summed E-state index contributed by atoms with van der Waals surface area (Å²) in [4.78, 5) is 0.268. The fourth-order valence-corrected chi connectivity index (χ4v) is 2.63. The van der Waals surface area contributed by atoms with E-state index in [1.165, 1.54) is 6.20 Å². The maximum atomic E-state index is 12.0. The number of aromatic nitrogens is 2. The molecule has 1 aromatic carbocycles. The van der Waals surface area contributed by atoms with Gasteiger partial charge in [-0.25, -0.2) is 8.42 Å². The number of hydrogen-bond donors (Lipinski definition) is 2. The zero-order valence-electron chi connectivity index (χ0n) is 8.64. The van der Waals surface area contributed by atoms with Gasteiger partial charge in [0.1, 0.15) is 5.82 Å². The molecular weight excluding hydrogens is 226 g/mol. The van der Waals surface area contributed by atoms with Gasteiger partial charge in [-0.05, 0) is 18.6 Å². The van der Waals surface area contributed by atoms with Crippen LogP contribution in [0.5, 0.6) is 0 Å². The Morgan fingerprint density at radius 1 is 1.25 bits per heavy atom. The van der Waals surface area contributed by atoms with Gasteiger partial charge in [0.15, 0.2) is 0 Å². The van der Waals surface area contributed by atoms with Crippen LogP contribution in [-0.4, -0.2) is 18.6 Å². The highest BCUT2D eigenvalue weighted by molar-refractivity contribution is 7.92. The van der Waals surface area contributed by atoms with Crippen molar-refractivity contribution in [1.29, 1.82) is 0 Å². The second kappa shape index (κ2) is 3.97. The van der Waals surface area contributed by atoms with Crippen molar-refractivity contribution < 1.29 is 8.42 Å². The van der Waals surface area contributed by atoms with Crippen molar-refractivity contribution in [2.24, 2.45) is 0 Å². The summed E-state index contributed by atoms with van der Waals surface area (Å²) in [5, 5.41) is 6.21. The molecule has 16 heavy (non-hydrogen) atoms. The van der Waals surface area contributed by atoms with Crippen molar-refractivity contribution >= 4 is 15.8 Å². The molecule has 0 aliphatic heterocycles. The van der Waals surface area contributed by atoms with Crippen molar-refractivity contribution in [3.05, 3.63) is 42.1 Å². The largest absolute Gasteiger partial charge is 0.264 e. The van der Waals surface area contributed by atoms with E-state index in [0.717, 1.165) is 0 Å². The number of rotatable bonds is 3. The van der Waals surface area contributed by atoms with Crippen molar-refractivity contribution in [3.8, 4) is 0 Å².